The summed E-state index contributed by atoms with van der Waals surface area (Å²) in [6.07, 6.45) is 1.53. The third-order valence-corrected chi connectivity index (χ3v) is 3.61. The van der Waals surface area contributed by atoms with Gasteiger partial charge in [0, 0.05) is 11.4 Å². The van der Waals surface area contributed by atoms with Crippen molar-refractivity contribution in [2.45, 2.75) is 20.8 Å². The first-order valence-corrected chi connectivity index (χ1v) is 8.05. The number of nitrogens with one attached hydrogen (secondary N) is 3. The van der Waals surface area contributed by atoms with Gasteiger partial charge in [0.15, 0.2) is 5.11 Å². The molecule has 0 atom stereocenters. The van der Waals surface area contributed by atoms with Crippen molar-refractivity contribution in [1.29, 1.82) is 0 Å². The van der Waals surface area contributed by atoms with Gasteiger partial charge in [-0.3, -0.25) is 5.43 Å². The molecule has 1 aromatic heterocycles. The van der Waals surface area contributed by atoms with Crippen LogP contribution in [0.3, 0.4) is 0 Å². The second-order valence-electron chi connectivity index (χ2n) is 5.22. The van der Waals surface area contributed by atoms with Crippen LogP contribution in [0.4, 0.5) is 10.1 Å². The van der Waals surface area contributed by atoms with Gasteiger partial charge in [0.05, 0.1) is 24.1 Å². The Bertz CT molecular complexity index is 800. The summed E-state index contributed by atoms with van der Waals surface area (Å²) in [7, 11) is 0. The first-order valence-electron chi connectivity index (χ1n) is 7.64. The molecule has 1 heterocycles. The lowest BCUT2D eigenvalue weighted by molar-refractivity contribution is 0.0525. The molecule has 1 aromatic carbocycles. The Morgan fingerprint density at radius 2 is 2.04 bits per heavy atom. The Kier molecular flexibility index (Phi) is 6.24. The quantitative estimate of drug-likeness (QED) is 0.329. The number of H-pyrrole nitrogens is 1. The lowest BCUT2D eigenvalue weighted by Gasteiger charge is -2.06. The molecule has 132 valence electrons. The lowest BCUT2D eigenvalue weighted by Crippen LogP contribution is -2.23. The van der Waals surface area contributed by atoms with Gasteiger partial charge in [0.25, 0.3) is 0 Å². The number of aryl methyl sites for hydroxylation is 1. The van der Waals surface area contributed by atoms with E-state index in [0.29, 0.717) is 29.2 Å². The number of carbonyl (C=O) groups is 1. The highest BCUT2D eigenvalue weighted by atomic mass is 32.1. The van der Waals surface area contributed by atoms with Gasteiger partial charge >= 0.3 is 5.97 Å². The number of aromatic nitrogens is 1. The maximum absolute atomic E-state index is 12.9. The molecule has 0 radical (unpaired) electrons. The van der Waals surface area contributed by atoms with Crippen molar-refractivity contribution >= 4 is 35.2 Å². The topological polar surface area (TPSA) is 78.5 Å². The molecule has 2 rings (SSSR count). The molecule has 0 aliphatic carbocycles. The van der Waals surface area contributed by atoms with Crippen molar-refractivity contribution in [3.63, 3.8) is 0 Å². The van der Waals surface area contributed by atoms with Gasteiger partial charge in [-0.2, -0.15) is 5.10 Å². The largest absolute Gasteiger partial charge is 0.462 e. The first-order chi connectivity index (χ1) is 11.9. The molecule has 8 heteroatoms. The van der Waals surface area contributed by atoms with Crippen molar-refractivity contribution in [1.82, 2.24) is 10.4 Å². The number of nitrogens with zero attached hydrogens (tertiary/aromatic N) is 1. The van der Waals surface area contributed by atoms with Gasteiger partial charge in [-0.15, -0.1) is 0 Å². The summed E-state index contributed by atoms with van der Waals surface area (Å²) in [6, 6.07) is 5.79. The number of hydrogen-bond acceptors (Lipinski definition) is 4. The Morgan fingerprint density at radius 3 is 2.68 bits per heavy atom. The molecule has 3 N–H and O–H groups in total. The predicted molar refractivity (Wildman–Crippen MR) is 99.6 cm³/mol. The van der Waals surface area contributed by atoms with Gasteiger partial charge in [0.2, 0.25) is 0 Å². The van der Waals surface area contributed by atoms with Crippen LogP contribution in [0.25, 0.3) is 0 Å². The molecule has 0 fully saturated rings. The average Bonchev–Trinajstić information content (AvgIpc) is 2.84. The van der Waals surface area contributed by atoms with Crippen LogP contribution >= 0.6 is 12.2 Å². The van der Waals surface area contributed by atoms with Crippen molar-refractivity contribution in [3.8, 4) is 0 Å². The van der Waals surface area contributed by atoms with Crippen LogP contribution in [0.2, 0.25) is 0 Å². The maximum Gasteiger partial charge on any atom is 0.340 e. The Morgan fingerprint density at radius 1 is 1.36 bits per heavy atom. The number of anilines is 1. The summed E-state index contributed by atoms with van der Waals surface area (Å²) in [5.74, 6) is -0.688. The number of hydrogen-bond donors (Lipinski definition) is 3. The van der Waals surface area contributed by atoms with Gasteiger partial charge in [-0.25, -0.2) is 9.18 Å². The van der Waals surface area contributed by atoms with E-state index in [9.17, 15) is 9.18 Å². The predicted octanol–water partition coefficient (Wildman–Crippen LogP) is 3.27. The molecule has 0 bridgehead atoms. The van der Waals surface area contributed by atoms with E-state index in [2.05, 4.69) is 20.8 Å². The van der Waals surface area contributed by atoms with Crippen molar-refractivity contribution in [2.75, 3.05) is 11.9 Å². The van der Waals surface area contributed by atoms with Gasteiger partial charge < -0.3 is 15.0 Å². The Labute approximate surface area is 150 Å². The number of hydrazone groups is 1. The smallest absolute Gasteiger partial charge is 0.340 e. The monoisotopic (exact) mass is 362 g/mol. The molecule has 0 aliphatic rings. The molecule has 0 saturated heterocycles. The molecule has 6 nitrogen and oxygen atoms in total. The Hall–Kier alpha value is -2.74. The lowest BCUT2D eigenvalue weighted by atomic mass is 10.1. The molecular formula is C17H19FN4O2S. The maximum atomic E-state index is 12.9. The number of carbonyl (C=O) groups excluding carboxylic acids is 1. The van der Waals surface area contributed by atoms with Crippen LogP contribution in [0.15, 0.2) is 29.4 Å². The third-order valence-electron chi connectivity index (χ3n) is 3.42. The van der Waals surface area contributed by atoms with Gasteiger partial charge in [-0.05, 0) is 62.8 Å². The minimum Gasteiger partial charge on any atom is -0.462 e. The molecule has 0 aliphatic heterocycles. The van der Waals surface area contributed by atoms with E-state index < -0.39 is 0 Å². The molecule has 0 saturated carbocycles. The summed E-state index contributed by atoms with van der Waals surface area (Å²) in [5.41, 5.74) is 5.96. The summed E-state index contributed by atoms with van der Waals surface area (Å²) >= 11 is 5.11. The van der Waals surface area contributed by atoms with Crippen LogP contribution in [0.5, 0.6) is 0 Å². The van der Waals surface area contributed by atoms with Crippen molar-refractivity contribution in [3.05, 3.63) is 52.6 Å². The molecule has 2 aromatic rings. The molecular weight excluding hydrogens is 343 g/mol. The fraction of sp³-hybridized carbons (Fsp3) is 0.235. The van der Waals surface area contributed by atoms with E-state index in [0.717, 1.165) is 5.56 Å². The van der Waals surface area contributed by atoms with Crippen molar-refractivity contribution < 1.29 is 13.9 Å². The van der Waals surface area contributed by atoms with Crippen molar-refractivity contribution in [2.24, 2.45) is 5.10 Å². The zero-order valence-corrected chi connectivity index (χ0v) is 15.0. The van der Waals surface area contributed by atoms with E-state index in [1.54, 1.807) is 26.0 Å². The normalized spacial score (nSPS) is 10.7. The van der Waals surface area contributed by atoms with E-state index >= 15 is 0 Å². The molecule has 0 spiro atoms. The van der Waals surface area contributed by atoms with Crippen LogP contribution in [-0.4, -0.2) is 28.9 Å². The second kappa shape index (κ2) is 8.39. The standard InChI is InChI=1S/C17H19FN4O2S/c1-4-24-16(23)15-10(2)14(20-11(15)3)9-19-22-17(25)21-13-7-5-12(18)6-8-13/h5-9,20H,4H2,1-3H3,(H2,21,22,25)/b19-9+. The number of ether oxygens (including phenoxy) is 1. The SMILES string of the molecule is CCOC(=O)c1c(C)[nH]c(/C=N/NC(=S)Nc2ccc(F)cc2)c1C. The highest BCUT2D eigenvalue weighted by molar-refractivity contribution is 7.80. The van der Waals surface area contributed by atoms with E-state index in [-0.39, 0.29) is 16.9 Å². The first kappa shape index (κ1) is 18.6. The van der Waals surface area contributed by atoms with Gasteiger partial charge in [0.1, 0.15) is 5.82 Å². The summed E-state index contributed by atoms with van der Waals surface area (Å²) in [4.78, 5) is 15.0. The number of aromatic amines is 1. The third kappa shape index (κ3) is 4.87. The van der Waals surface area contributed by atoms with Crippen LogP contribution in [-0.2, 0) is 4.74 Å². The highest BCUT2D eigenvalue weighted by Crippen LogP contribution is 2.17. The molecule has 0 unspecified atom stereocenters. The fourth-order valence-electron chi connectivity index (χ4n) is 2.26. The minimum atomic E-state index is -0.366. The fourth-order valence-corrected chi connectivity index (χ4v) is 2.43. The summed E-state index contributed by atoms with van der Waals surface area (Å²) in [6.45, 7) is 5.69. The number of esters is 1. The number of thiocarbonyl (C=S) groups is 1. The zero-order valence-electron chi connectivity index (χ0n) is 14.1. The second-order valence-corrected chi connectivity index (χ2v) is 5.62. The van der Waals surface area contributed by atoms with Crippen LogP contribution in [0, 0.1) is 19.7 Å². The van der Waals surface area contributed by atoms with Gasteiger partial charge in [-0.1, -0.05) is 0 Å². The number of halogens is 1. The van der Waals surface area contributed by atoms with E-state index in [4.69, 9.17) is 17.0 Å². The van der Waals surface area contributed by atoms with E-state index in [1.807, 2.05) is 6.92 Å². The number of benzene rings is 1. The molecule has 25 heavy (non-hydrogen) atoms. The van der Waals surface area contributed by atoms with Crippen LogP contribution in [0.1, 0.15) is 34.2 Å². The zero-order chi connectivity index (χ0) is 18.4. The highest BCUT2D eigenvalue weighted by Gasteiger charge is 2.18. The van der Waals surface area contributed by atoms with Crippen LogP contribution < -0.4 is 10.7 Å². The molecule has 0 amide bonds. The number of rotatable bonds is 5. The van der Waals surface area contributed by atoms with E-state index in [1.165, 1.54) is 18.3 Å². The minimum absolute atomic E-state index is 0.259. The summed E-state index contributed by atoms with van der Waals surface area (Å²) in [5, 5.41) is 7.18. The Balaban J connectivity index is 2.00. The summed E-state index contributed by atoms with van der Waals surface area (Å²) < 4.78 is 17.9. The average molecular weight is 362 g/mol.